The molecule has 0 aromatic rings. The number of carbonyl (C=O) groups excluding carboxylic acids is 3. The topological polar surface area (TPSA) is 113 Å². The van der Waals surface area contributed by atoms with Crippen LogP contribution < -0.4 is 0 Å². The van der Waals surface area contributed by atoms with Gasteiger partial charge in [-0.25, -0.2) is 0 Å². The van der Waals surface area contributed by atoms with Crippen LogP contribution in [0.1, 0.15) is 46.5 Å². The third-order valence-electron chi connectivity index (χ3n) is 8.99. The maximum absolute atomic E-state index is 13.0. The maximum atomic E-state index is 13.0. The fourth-order valence-corrected chi connectivity index (χ4v) is 7.44. The third kappa shape index (κ3) is 2.13. The predicted molar refractivity (Wildman–Crippen MR) is 104 cm³/mol. The Kier molecular flexibility index (Phi) is 3.95. The van der Waals surface area contributed by atoms with E-state index in [4.69, 9.17) is 9.47 Å². The monoisotopic (exact) mass is 416 g/mol. The molecule has 162 valence electrons. The van der Waals surface area contributed by atoms with Crippen molar-refractivity contribution in [2.24, 2.45) is 22.7 Å². The Morgan fingerprint density at radius 2 is 2.03 bits per heavy atom. The second-order valence-corrected chi connectivity index (χ2v) is 10.1. The number of hydrogen-bond acceptors (Lipinski definition) is 7. The summed E-state index contributed by atoms with van der Waals surface area (Å²) < 4.78 is 11.2. The molecule has 0 amide bonds. The van der Waals surface area contributed by atoms with Crippen LogP contribution >= 0.6 is 0 Å². The molecule has 0 aromatic carbocycles. The second-order valence-electron chi connectivity index (χ2n) is 10.1. The van der Waals surface area contributed by atoms with E-state index in [1.807, 2.05) is 13.0 Å². The Bertz CT molecular complexity index is 921. The molecular formula is C23H28O7. The highest BCUT2D eigenvalue weighted by molar-refractivity contribution is 6.01. The number of aliphatic hydroxyl groups is 2. The zero-order valence-corrected chi connectivity index (χ0v) is 17.5. The number of hydrogen-bond donors (Lipinski definition) is 2. The van der Waals surface area contributed by atoms with Gasteiger partial charge in [-0.2, -0.15) is 0 Å². The van der Waals surface area contributed by atoms with Crippen molar-refractivity contribution in [3.63, 3.8) is 0 Å². The molecule has 8 atom stereocenters. The second kappa shape index (κ2) is 5.90. The molecule has 0 aromatic heterocycles. The molecule has 0 bridgehead atoms. The van der Waals surface area contributed by atoms with Gasteiger partial charge in [0.05, 0.1) is 12.2 Å². The lowest BCUT2D eigenvalue weighted by Crippen LogP contribution is -2.63. The molecule has 1 aliphatic heterocycles. The number of esters is 1. The van der Waals surface area contributed by atoms with Crippen LogP contribution in [0, 0.1) is 22.7 Å². The SMILES string of the molecule is CC(=O)OCC(=O)[C@@]1(O)[C@H](O)CC2C3CCC4=CC(=O)C=CC4(C)C34OC4CC21C. The van der Waals surface area contributed by atoms with Crippen LogP contribution in [0.4, 0.5) is 0 Å². The largest absolute Gasteiger partial charge is 0.458 e. The van der Waals surface area contributed by atoms with Gasteiger partial charge in [0.15, 0.2) is 18.0 Å². The standard InChI is InChI=1S/C23H28O7/c1-12(24)29-11-18(27)22(28)17(26)9-16-15-5-4-13-8-14(25)6-7-20(13,2)23(15)19(30-23)10-21(16,22)3/h6-8,15-17,19,26,28H,4-5,9-11H2,1-3H3/t15?,16?,17-,19?,20?,21?,22+,23?/m1/s1. The molecule has 1 saturated heterocycles. The minimum absolute atomic E-state index is 0.00287. The highest BCUT2D eigenvalue weighted by Crippen LogP contribution is 2.75. The zero-order valence-electron chi connectivity index (χ0n) is 17.5. The number of ketones is 2. The fraction of sp³-hybridized carbons (Fsp3) is 0.696. The first-order chi connectivity index (χ1) is 14.0. The summed E-state index contributed by atoms with van der Waals surface area (Å²) >= 11 is 0. The summed E-state index contributed by atoms with van der Waals surface area (Å²) in [6.07, 6.45) is 6.14. The Labute approximate surface area is 175 Å². The first-order valence-corrected chi connectivity index (χ1v) is 10.7. The van der Waals surface area contributed by atoms with Gasteiger partial charge in [-0.05, 0) is 56.6 Å². The van der Waals surface area contributed by atoms with E-state index in [0.29, 0.717) is 12.8 Å². The molecule has 30 heavy (non-hydrogen) atoms. The van der Waals surface area contributed by atoms with E-state index in [1.165, 1.54) is 6.92 Å². The Balaban J connectivity index is 1.52. The quantitative estimate of drug-likeness (QED) is 0.526. The summed E-state index contributed by atoms with van der Waals surface area (Å²) in [6.45, 7) is 4.62. The van der Waals surface area contributed by atoms with E-state index in [9.17, 15) is 24.6 Å². The molecule has 1 heterocycles. The molecule has 2 N–H and O–H groups in total. The van der Waals surface area contributed by atoms with Crippen molar-refractivity contribution in [2.75, 3.05) is 6.61 Å². The van der Waals surface area contributed by atoms with Crippen LogP contribution in [-0.4, -0.2) is 57.8 Å². The van der Waals surface area contributed by atoms with Crippen molar-refractivity contribution in [3.05, 3.63) is 23.8 Å². The van der Waals surface area contributed by atoms with E-state index in [0.717, 1.165) is 18.4 Å². The summed E-state index contributed by atoms with van der Waals surface area (Å²) in [6, 6.07) is 0. The highest BCUT2D eigenvalue weighted by atomic mass is 16.6. The van der Waals surface area contributed by atoms with Crippen molar-refractivity contribution < 1.29 is 34.1 Å². The number of epoxide rings is 1. The number of ether oxygens (including phenoxy) is 2. The summed E-state index contributed by atoms with van der Waals surface area (Å²) in [5, 5.41) is 22.4. The van der Waals surface area contributed by atoms with Gasteiger partial charge in [0.25, 0.3) is 0 Å². The summed E-state index contributed by atoms with van der Waals surface area (Å²) in [5.74, 6) is -1.34. The van der Waals surface area contributed by atoms with Crippen molar-refractivity contribution in [2.45, 2.75) is 69.9 Å². The minimum Gasteiger partial charge on any atom is -0.458 e. The van der Waals surface area contributed by atoms with Crippen LogP contribution in [-0.2, 0) is 23.9 Å². The highest BCUT2D eigenvalue weighted by Gasteiger charge is 2.82. The van der Waals surface area contributed by atoms with E-state index < -0.39 is 46.5 Å². The summed E-state index contributed by atoms with van der Waals surface area (Å²) in [4.78, 5) is 36.1. The number of fused-ring (bicyclic) bond motifs is 3. The van der Waals surface area contributed by atoms with Crippen LogP contribution in [0.5, 0.6) is 0 Å². The van der Waals surface area contributed by atoms with E-state index in [-0.39, 0.29) is 23.7 Å². The van der Waals surface area contributed by atoms with Crippen LogP contribution in [0.2, 0.25) is 0 Å². The smallest absolute Gasteiger partial charge is 0.303 e. The van der Waals surface area contributed by atoms with Crippen LogP contribution in [0.3, 0.4) is 0 Å². The molecule has 6 unspecified atom stereocenters. The van der Waals surface area contributed by atoms with Gasteiger partial charge in [0.1, 0.15) is 5.60 Å². The molecule has 5 aliphatic rings. The van der Waals surface area contributed by atoms with Gasteiger partial charge in [0, 0.05) is 17.8 Å². The van der Waals surface area contributed by atoms with Crippen molar-refractivity contribution in [1.82, 2.24) is 0 Å². The zero-order chi connectivity index (χ0) is 21.7. The minimum atomic E-state index is -1.99. The average Bonchev–Trinajstić information content (AvgIpc) is 3.36. The van der Waals surface area contributed by atoms with Crippen molar-refractivity contribution in [1.29, 1.82) is 0 Å². The number of carbonyl (C=O) groups is 3. The van der Waals surface area contributed by atoms with E-state index >= 15 is 0 Å². The molecule has 7 heteroatoms. The van der Waals surface area contributed by atoms with Gasteiger partial charge >= 0.3 is 5.97 Å². The first-order valence-electron chi connectivity index (χ1n) is 10.7. The molecule has 5 rings (SSSR count). The first kappa shape index (κ1) is 20.1. The number of aliphatic hydroxyl groups excluding tert-OH is 1. The molecule has 4 aliphatic carbocycles. The predicted octanol–water partition coefficient (Wildman–Crippen LogP) is 1.26. The van der Waals surface area contributed by atoms with Gasteiger partial charge in [-0.3, -0.25) is 14.4 Å². The summed E-state index contributed by atoms with van der Waals surface area (Å²) in [5.41, 5.74) is -2.66. The molecule has 4 fully saturated rings. The van der Waals surface area contributed by atoms with Gasteiger partial charge in [-0.1, -0.05) is 18.6 Å². The van der Waals surface area contributed by atoms with Crippen LogP contribution in [0.25, 0.3) is 0 Å². The molecule has 1 spiro atoms. The molecule has 3 saturated carbocycles. The lowest BCUT2D eigenvalue weighted by molar-refractivity contribution is -0.177. The van der Waals surface area contributed by atoms with Crippen LogP contribution in [0.15, 0.2) is 23.8 Å². The molecule has 0 radical (unpaired) electrons. The lowest BCUT2D eigenvalue weighted by atomic mass is 9.47. The van der Waals surface area contributed by atoms with Gasteiger partial charge in [-0.15, -0.1) is 0 Å². The number of Topliss-reactive ketones (excluding diaryl/α,β-unsaturated/α-hetero) is 1. The number of allylic oxidation sites excluding steroid dienone is 2. The third-order valence-corrected chi connectivity index (χ3v) is 8.99. The average molecular weight is 416 g/mol. The normalized spacial score (nSPS) is 50.6. The molecular weight excluding hydrogens is 388 g/mol. The van der Waals surface area contributed by atoms with E-state index in [2.05, 4.69) is 6.92 Å². The van der Waals surface area contributed by atoms with Crippen molar-refractivity contribution >= 4 is 17.5 Å². The van der Waals surface area contributed by atoms with Gasteiger partial charge < -0.3 is 19.7 Å². The summed E-state index contributed by atoms with van der Waals surface area (Å²) in [7, 11) is 0. The molecule has 7 nitrogen and oxygen atoms in total. The maximum Gasteiger partial charge on any atom is 0.303 e. The Morgan fingerprint density at radius 3 is 2.73 bits per heavy atom. The number of rotatable bonds is 3. The van der Waals surface area contributed by atoms with Gasteiger partial charge in [0.2, 0.25) is 5.78 Å². The van der Waals surface area contributed by atoms with E-state index in [1.54, 1.807) is 12.2 Å². The Hall–Kier alpha value is -1.83. The lowest BCUT2D eigenvalue weighted by Gasteiger charge is -2.55. The fourth-order valence-electron chi connectivity index (χ4n) is 7.44. The van der Waals surface area contributed by atoms with Crippen molar-refractivity contribution in [3.8, 4) is 0 Å². The Morgan fingerprint density at radius 1 is 1.30 bits per heavy atom.